The van der Waals surface area contributed by atoms with E-state index in [0.717, 1.165) is 11.1 Å². The Morgan fingerprint density at radius 2 is 1.76 bits per heavy atom. The smallest absolute Gasteiger partial charge is 0.348 e. The van der Waals surface area contributed by atoms with Gasteiger partial charge in [0.15, 0.2) is 0 Å². The minimum Gasteiger partial charge on any atom is -0.478 e. The first-order valence-corrected chi connectivity index (χ1v) is 6.84. The highest BCUT2D eigenvalue weighted by Crippen LogP contribution is 2.30. The lowest BCUT2D eigenvalue weighted by Crippen LogP contribution is -2.46. The molecule has 6 heteroatoms. The third-order valence-corrected chi connectivity index (χ3v) is 3.46. The van der Waals surface area contributed by atoms with Gasteiger partial charge in [0.05, 0.1) is 0 Å². The Hall–Kier alpha value is -1.63. The van der Waals surface area contributed by atoms with Gasteiger partial charge in [0, 0.05) is 32.7 Å². The second-order valence-electron chi connectivity index (χ2n) is 4.87. The number of benzene rings is 1. The summed E-state index contributed by atoms with van der Waals surface area (Å²) in [5, 5.41) is 36.8. The van der Waals surface area contributed by atoms with Crippen LogP contribution in [0, 0.1) is 6.92 Å². The van der Waals surface area contributed by atoms with Crippen molar-refractivity contribution in [2.24, 2.45) is 0 Å². The summed E-state index contributed by atoms with van der Waals surface area (Å²) in [7, 11) is 0. The summed E-state index contributed by atoms with van der Waals surface area (Å²) in [6, 6.07) is 5.21. The monoisotopic (exact) mass is 298 g/mol. The Morgan fingerprint density at radius 1 is 1.14 bits per heavy atom. The molecule has 0 amide bonds. The molecule has 0 radical (unpaired) electrons. The molecule has 0 aliphatic carbocycles. The first kappa shape index (κ1) is 17.4. The molecular formula is C15H22O6. The molecular weight excluding hydrogens is 276 g/mol. The number of ether oxygens (including phenoxy) is 1. The first-order valence-electron chi connectivity index (χ1n) is 6.84. The van der Waals surface area contributed by atoms with Gasteiger partial charge in [-0.1, -0.05) is 12.1 Å². The normalized spacial score (nSPS) is 11.4. The van der Waals surface area contributed by atoms with Crippen LogP contribution in [0.5, 0.6) is 5.75 Å². The first-order chi connectivity index (χ1) is 10.0. The second-order valence-corrected chi connectivity index (χ2v) is 4.87. The minimum atomic E-state index is -1.68. The predicted octanol–water partition coefficient (Wildman–Crippen LogP) is 0.497. The molecule has 0 fully saturated rings. The number of carboxylic acids is 1. The molecule has 0 atom stereocenters. The van der Waals surface area contributed by atoms with E-state index in [2.05, 4.69) is 0 Å². The number of aliphatic hydroxyl groups excluding tert-OH is 3. The summed E-state index contributed by atoms with van der Waals surface area (Å²) in [5.41, 5.74) is -0.0723. The number of carboxylic acid groups (broad SMARTS) is 1. The van der Waals surface area contributed by atoms with Crippen LogP contribution in [0.2, 0.25) is 0 Å². The van der Waals surface area contributed by atoms with Crippen LogP contribution in [0.25, 0.3) is 0 Å². The van der Waals surface area contributed by atoms with Crippen molar-refractivity contribution in [1.82, 2.24) is 0 Å². The van der Waals surface area contributed by atoms with E-state index < -0.39 is 11.6 Å². The molecule has 1 aromatic rings. The molecule has 0 aliphatic rings. The van der Waals surface area contributed by atoms with Crippen molar-refractivity contribution >= 4 is 5.97 Å². The lowest BCUT2D eigenvalue weighted by molar-refractivity contribution is -0.158. The van der Waals surface area contributed by atoms with Gasteiger partial charge in [0.1, 0.15) is 5.75 Å². The molecule has 4 N–H and O–H groups in total. The van der Waals surface area contributed by atoms with E-state index in [1.54, 1.807) is 12.1 Å². The Kier molecular flexibility index (Phi) is 6.61. The van der Waals surface area contributed by atoms with E-state index in [0.29, 0.717) is 12.2 Å². The van der Waals surface area contributed by atoms with Gasteiger partial charge in [-0.15, -0.1) is 0 Å². The topological polar surface area (TPSA) is 107 Å². The van der Waals surface area contributed by atoms with Crippen molar-refractivity contribution in [2.45, 2.75) is 31.8 Å². The van der Waals surface area contributed by atoms with Gasteiger partial charge in [-0.3, -0.25) is 0 Å². The van der Waals surface area contributed by atoms with E-state index in [-0.39, 0.29) is 32.7 Å². The molecule has 1 rings (SSSR count). The maximum Gasteiger partial charge on any atom is 0.348 e. The van der Waals surface area contributed by atoms with Gasteiger partial charge in [0.2, 0.25) is 5.60 Å². The van der Waals surface area contributed by atoms with Gasteiger partial charge in [-0.25, -0.2) is 4.79 Å². The van der Waals surface area contributed by atoms with Crippen LogP contribution in [-0.2, 0) is 11.2 Å². The zero-order valence-electron chi connectivity index (χ0n) is 12.1. The Labute approximate surface area is 123 Å². The van der Waals surface area contributed by atoms with Crippen LogP contribution in [0.1, 0.15) is 24.0 Å². The number of hydrogen-bond donors (Lipinski definition) is 4. The third kappa shape index (κ3) is 4.17. The second kappa shape index (κ2) is 7.97. The lowest BCUT2D eigenvalue weighted by Gasteiger charge is -2.30. The van der Waals surface area contributed by atoms with Crippen LogP contribution in [0.3, 0.4) is 0 Å². The molecule has 21 heavy (non-hydrogen) atoms. The highest BCUT2D eigenvalue weighted by atomic mass is 16.5. The van der Waals surface area contributed by atoms with E-state index in [1.165, 1.54) is 0 Å². The Morgan fingerprint density at radius 3 is 2.24 bits per heavy atom. The van der Waals surface area contributed by atoms with Crippen molar-refractivity contribution in [3.63, 3.8) is 0 Å². The highest BCUT2D eigenvalue weighted by Gasteiger charge is 2.40. The fourth-order valence-corrected chi connectivity index (χ4v) is 2.26. The molecule has 0 unspecified atom stereocenters. The van der Waals surface area contributed by atoms with Crippen LogP contribution < -0.4 is 4.74 Å². The van der Waals surface area contributed by atoms with Gasteiger partial charge < -0.3 is 25.2 Å². The Balaban J connectivity index is 3.19. The van der Waals surface area contributed by atoms with Gasteiger partial charge >= 0.3 is 5.97 Å². The standard InChI is InChI=1S/C15H22O6/c1-11-3-2-4-13(12(11)5-8-16)21-15(6-9-17,7-10-18)14(19)20/h2-4,16-18H,5-10H2,1H3,(H,19,20). The maximum atomic E-state index is 11.6. The average Bonchev–Trinajstić information content (AvgIpc) is 2.43. The zero-order chi connectivity index (χ0) is 15.9. The van der Waals surface area contributed by atoms with Crippen LogP contribution >= 0.6 is 0 Å². The molecule has 0 aliphatic heterocycles. The summed E-state index contributed by atoms with van der Waals surface area (Å²) in [4.78, 5) is 11.6. The average molecular weight is 298 g/mol. The SMILES string of the molecule is Cc1cccc(OC(CCO)(CCO)C(=O)O)c1CCO. The Bertz CT molecular complexity index is 465. The molecule has 0 saturated heterocycles. The number of aliphatic hydroxyl groups is 3. The quantitative estimate of drug-likeness (QED) is 0.529. The largest absolute Gasteiger partial charge is 0.478 e. The van der Waals surface area contributed by atoms with Crippen LogP contribution in [0.15, 0.2) is 18.2 Å². The molecule has 1 aromatic carbocycles. The fraction of sp³-hybridized carbons (Fsp3) is 0.533. The molecule has 0 spiro atoms. The molecule has 0 aromatic heterocycles. The van der Waals surface area contributed by atoms with Crippen molar-refractivity contribution in [3.8, 4) is 5.75 Å². The number of aliphatic carboxylic acids is 1. The number of carbonyl (C=O) groups is 1. The van der Waals surface area contributed by atoms with Crippen molar-refractivity contribution in [3.05, 3.63) is 29.3 Å². The van der Waals surface area contributed by atoms with E-state index >= 15 is 0 Å². The molecule has 0 saturated carbocycles. The van der Waals surface area contributed by atoms with Crippen LogP contribution in [-0.4, -0.2) is 51.8 Å². The summed E-state index contributed by atoms with van der Waals surface area (Å²) >= 11 is 0. The third-order valence-electron chi connectivity index (χ3n) is 3.46. The maximum absolute atomic E-state index is 11.6. The lowest BCUT2D eigenvalue weighted by atomic mass is 9.95. The summed E-state index contributed by atoms with van der Waals surface area (Å²) in [6.45, 7) is 1.03. The van der Waals surface area contributed by atoms with E-state index in [9.17, 15) is 9.90 Å². The predicted molar refractivity (Wildman–Crippen MR) is 76.4 cm³/mol. The van der Waals surface area contributed by atoms with Crippen molar-refractivity contribution < 1.29 is 30.0 Å². The van der Waals surface area contributed by atoms with Gasteiger partial charge in [-0.05, 0) is 30.5 Å². The molecule has 0 heterocycles. The fourth-order valence-electron chi connectivity index (χ4n) is 2.26. The van der Waals surface area contributed by atoms with Gasteiger partial charge in [0.25, 0.3) is 0 Å². The highest BCUT2D eigenvalue weighted by molar-refractivity contribution is 5.78. The summed E-state index contributed by atoms with van der Waals surface area (Å²) < 4.78 is 5.68. The molecule has 6 nitrogen and oxygen atoms in total. The molecule has 0 bridgehead atoms. The summed E-state index contributed by atoms with van der Waals surface area (Å²) in [6.07, 6.45) is 0.0841. The number of rotatable bonds is 9. The minimum absolute atomic E-state index is 0.0821. The molecule has 118 valence electrons. The number of hydrogen-bond acceptors (Lipinski definition) is 5. The van der Waals surface area contributed by atoms with Crippen molar-refractivity contribution in [1.29, 1.82) is 0 Å². The number of aryl methyl sites for hydroxylation is 1. The summed E-state index contributed by atoms with van der Waals surface area (Å²) in [5.74, 6) is -0.879. The van der Waals surface area contributed by atoms with Crippen molar-refractivity contribution in [2.75, 3.05) is 19.8 Å². The van der Waals surface area contributed by atoms with E-state index in [4.69, 9.17) is 20.1 Å². The van der Waals surface area contributed by atoms with Gasteiger partial charge in [-0.2, -0.15) is 0 Å². The van der Waals surface area contributed by atoms with E-state index in [1.807, 2.05) is 13.0 Å². The van der Waals surface area contributed by atoms with Crippen LogP contribution in [0.4, 0.5) is 0 Å². The zero-order valence-corrected chi connectivity index (χ0v) is 12.1.